The minimum atomic E-state index is -0.927. The van der Waals surface area contributed by atoms with Crippen molar-refractivity contribution in [2.75, 3.05) is 6.54 Å². The van der Waals surface area contributed by atoms with Crippen molar-refractivity contribution < 1.29 is 9.90 Å². The molecule has 18 heavy (non-hydrogen) atoms. The summed E-state index contributed by atoms with van der Waals surface area (Å²) in [5.74, 6) is -0.414. The van der Waals surface area contributed by atoms with Crippen LogP contribution >= 0.6 is 0 Å². The quantitative estimate of drug-likeness (QED) is 0.841. The van der Waals surface area contributed by atoms with E-state index in [0.717, 1.165) is 6.54 Å². The summed E-state index contributed by atoms with van der Waals surface area (Å²) in [6, 6.07) is 0. The highest BCUT2D eigenvalue weighted by Gasteiger charge is 2.20. The predicted molar refractivity (Wildman–Crippen MR) is 70.5 cm³/mol. The van der Waals surface area contributed by atoms with Crippen LogP contribution in [0.4, 0.5) is 0 Å². The lowest BCUT2D eigenvalue weighted by molar-refractivity contribution is 0.0695. The highest BCUT2D eigenvalue weighted by Crippen LogP contribution is 2.24. The molecule has 0 fully saturated rings. The molecule has 0 saturated heterocycles. The maximum atomic E-state index is 11.0. The number of hydrogen-bond acceptors (Lipinski definition) is 3. The standard InChI is InChI=1S/C13H23N3O2/c1-9(13(2,3)4)6-14-8-11-10(12(17)18)7-15-16(11)5/h7,9,14H,6,8H2,1-5H3,(H,17,18). The largest absolute Gasteiger partial charge is 0.478 e. The molecule has 1 heterocycles. The zero-order valence-corrected chi connectivity index (χ0v) is 11.8. The van der Waals surface area contributed by atoms with Crippen LogP contribution < -0.4 is 5.32 Å². The van der Waals surface area contributed by atoms with Gasteiger partial charge in [0.25, 0.3) is 0 Å². The van der Waals surface area contributed by atoms with Crippen molar-refractivity contribution in [3.63, 3.8) is 0 Å². The Morgan fingerprint density at radius 3 is 2.67 bits per heavy atom. The van der Waals surface area contributed by atoms with Gasteiger partial charge in [0.2, 0.25) is 0 Å². The molecule has 0 aliphatic heterocycles. The summed E-state index contributed by atoms with van der Waals surface area (Å²) < 4.78 is 1.61. The van der Waals surface area contributed by atoms with Crippen LogP contribution in [0, 0.1) is 11.3 Å². The second-order valence-corrected chi connectivity index (χ2v) is 5.83. The molecule has 0 spiro atoms. The van der Waals surface area contributed by atoms with Crippen LogP contribution in [0.5, 0.6) is 0 Å². The number of carboxylic acid groups (broad SMARTS) is 1. The first-order chi connectivity index (χ1) is 8.23. The van der Waals surface area contributed by atoms with Gasteiger partial charge in [0.05, 0.1) is 11.9 Å². The number of aromatic nitrogens is 2. The van der Waals surface area contributed by atoms with Crippen molar-refractivity contribution in [3.05, 3.63) is 17.5 Å². The molecule has 0 radical (unpaired) electrons. The van der Waals surface area contributed by atoms with Crippen LogP contribution in [0.1, 0.15) is 43.7 Å². The van der Waals surface area contributed by atoms with Crippen molar-refractivity contribution in [2.24, 2.45) is 18.4 Å². The molecule has 0 aliphatic carbocycles. The summed E-state index contributed by atoms with van der Waals surface area (Å²) in [6.07, 6.45) is 1.40. The molecule has 1 rings (SSSR count). The maximum absolute atomic E-state index is 11.0. The SMILES string of the molecule is CC(CNCc1c(C(=O)O)cnn1C)C(C)(C)C. The zero-order chi connectivity index (χ0) is 13.9. The first-order valence-corrected chi connectivity index (χ1v) is 6.18. The zero-order valence-electron chi connectivity index (χ0n) is 11.8. The van der Waals surface area contributed by atoms with E-state index in [4.69, 9.17) is 5.11 Å². The molecule has 1 unspecified atom stereocenters. The summed E-state index contributed by atoms with van der Waals surface area (Å²) in [7, 11) is 1.76. The Morgan fingerprint density at radius 1 is 1.56 bits per heavy atom. The average Bonchev–Trinajstić information content (AvgIpc) is 2.59. The molecular formula is C13H23N3O2. The Bertz CT molecular complexity index is 418. The van der Waals surface area contributed by atoms with E-state index < -0.39 is 5.97 Å². The molecule has 102 valence electrons. The van der Waals surface area contributed by atoms with Crippen molar-refractivity contribution in [3.8, 4) is 0 Å². The van der Waals surface area contributed by atoms with E-state index in [9.17, 15) is 4.79 Å². The van der Waals surface area contributed by atoms with Crippen LogP contribution in [-0.4, -0.2) is 27.4 Å². The molecule has 0 aromatic carbocycles. The molecule has 0 amide bonds. The fraction of sp³-hybridized carbons (Fsp3) is 0.692. The second-order valence-electron chi connectivity index (χ2n) is 5.83. The van der Waals surface area contributed by atoms with Gasteiger partial charge in [-0.3, -0.25) is 4.68 Å². The van der Waals surface area contributed by atoms with E-state index in [1.165, 1.54) is 6.20 Å². The van der Waals surface area contributed by atoms with Gasteiger partial charge in [-0.2, -0.15) is 5.10 Å². The topological polar surface area (TPSA) is 67.2 Å². The van der Waals surface area contributed by atoms with E-state index in [-0.39, 0.29) is 11.0 Å². The Balaban J connectivity index is 2.59. The third-order valence-corrected chi connectivity index (χ3v) is 3.51. The predicted octanol–water partition coefficient (Wildman–Crippen LogP) is 1.89. The number of carboxylic acids is 1. The number of nitrogens with zero attached hydrogens (tertiary/aromatic N) is 2. The summed E-state index contributed by atoms with van der Waals surface area (Å²) >= 11 is 0. The normalized spacial score (nSPS) is 13.6. The van der Waals surface area contributed by atoms with Gasteiger partial charge in [-0.15, -0.1) is 0 Å². The molecular weight excluding hydrogens is 230 g/mol. The highest BCUT2D eigenvalue weighted by molar-refractivity contribution is 5.88. The van der Waals surface area contributed by atoms with E-state index in [1.807, 2.05) is 0 Å². The van der Waals surface area contributed by atoms with Gasteiger partial charge < -0.3 is 10.4 Å². The van der Waals surface area contributed by atoms with E-state index in [1.54, 1.807) is 11.7 Å². The van der Waals surface area contributed by atoms with Crippen LogP contribution in [0.15, 0.2) is 6.20 Å². The van der Waals surface area contributed by atoms with Gasteiger partial charge >= 0.3 is 5.97 Å². The molecule has 1 atom stereocenters. The first kappa shape index (κ1) is 14.7. The lowest BCUT2D eigenvalue weighted by Gasteiger charge is -2.27. The lowest BCUT2D eigenvalue weighted by atomic mass is 9.82. The number of rotatable bonds is 5. The summed E-state index contributed by atoms with van der Waals surface area (Å²) in [4.78, 5) is 11.0. The third kappa shape index (κ3) is 3.57. The Hall–Kier alpha value is -1.36. The smallest absolute Gasteiger partial charge is 0.339 e. The van der Waals surface area contributed by atoms with Gasteiger partial charge in [0, 0.05) is 13.6 Å². The Morgan fingerprint density at radius 2 is 2.17 bits per heavy atom. The minimum absolute atomic E-state index is 0.245. The molecule has 1 aromatic heterocycles. The van der Waals surface area contributed by atoms with Gasteiger partial charge in [-0.1, -0.05) is 27.7 Å². The average molecular weight is 253 g/mol. The molecule has 1 aromatic rings. The van der Waals surface area contributed by atoms with E-state index in [2.05, 4.69) is 38.1 Å². The number of hydrogen-bond donors (Lipinski definition) is 2. The van der Waals surface area contributed by atoms with E-state index >= 15 is 0 Å². The highest BCUT2D eigenvalue weighted by atomic mass is 16.4. The van der Waals surface area contributed by atoms with Crippen LogP contribution in [0.2, 0.25) is 0 Å². The lowest BCUT2D eigenvalue weighted by Crippen LogP contribution is -2.30. The number of aryl methyl sites for hydroxylation is 1. The molecule has 0 aliphatic rings. The fourth-order valence-electron chi connectivity index (χ4n) is 1.56. The molecule has 5 heteroatoms. The molecule has 2 N–H and O–H groups in total. The maximum Gasteiger partial charge on any atom is 0.339 e. The third-order valence-electron chi connectivity index (χ3n) is 3.51. The van der Waals surface area contributed by atoms with E-state index in [0.29, 0.717) is 18.2 Å². The summed E-state index contributed by atoms with van der Waals surface area (Å²) in [5.41, 5.74) is 1.23. The number of carbonyl (C=O) groups is 1. The van der Waals surface area contributed by atoms with Crippen LogP contribution in [-0.2, 0) is 13.6 Å². The number of aromatic carboxylic acids is 1. The fourth-order valence-corrected chi connectivity index (χ4v) is 1.56. The Kier molecular flexibility index (Phi) is 4.51. The monoisotopic (exact) mass is 253 g/mol. The minimum Gasteiger partial charge on any atom is -0.478 e. The van der Waals surface area contributed by atoms with Crippen LogP contribution in [0.3, 0.4) is 0 Å². The van der Waals surface area contributed by atoms with Gasteiger partial charge in [-0.05, 0) is 17.9 Å². The first-order valence-electron chi connectivity index (χ1n) is 6.18. The number of nitrogens with one attached hydrogen (secondary N) is 1. The molecule has 0 saturated carbocycles. The summed E-state index contributed by atoms with van der Waals surface area (Å²) in [5, 5.41) is 16.3. The van der Waals surface area contributed by atoms with Crippen molar-refractivity contribution >= 4 is 5.97 Å². The van der Waals surface area contributed by atoms with Crippen LogP contribution in [0.25, 0.3) is 0 Å². The van der Waals surface area contributed by atoms with Crippen molar-refractivity contribution in [1.29, 1.82) is 0 Å². The Labute approximate surface area is 108 Å². The van der Waals surface area contributed by atoms with Crippen molar-refractivity contribution in [2.45, 2.75) is 34.2 Å². The second kappa shape index (κ2) is 5.52. The molecule has 5 nitrogen and oxygen atoms in total. The molecule has 0 bridgehead atoms. The van der Waals surface area contributed by atoms with Gasteiger partial charge in [0.1, 0.15) is 5.56 Å². The van der Waals surface area contributed by atoms with Crippen molar-refractivity contribution in [1.82, 2.24) is 15.1 Å². The van der Waals surface area contributed by atoms with Gasteiger partial charge in [0.15, 0.2) is 0 Å². The summed E-state index contributed by atoms with van der Waals surface area (Å²) in [6.45, 7) is 10.2. The van der Waals surface area contributed by atoms with Gasteiger partial charge in [-0.25, -0.2) is 4.79 Å².